The minimum atomic E-state index is -0.530. The topological polar surface area (TPSA) is 83.9 Å². The molecule has 1 aliphatic heterocycles. The molecule has 3 aromatic rings. The molecule has 1 fully saturated rings. The van der Waals surface area contributed by atoms with Crippen molar-refractivity contribution in [3.63, 3.8) is 0 Å². The zero-order valence-electron chi connectivity index (χ0n) is 21.4. The number of carbonyl (C=O) groups is 1. The fraction of sp³-hybridized carbons (Fsp3) is 0.379. The number of pyridine rings is 1. The molecule has 0 unspecified atom stereocenters. The van der Waals surface area contributed by atoms with Crippen LogP contribution in [0.1, 0.15) is 39.7 Å². The number of amides is 1. The van der Waals surface area contributed by atoms with E-state index in [1.54, 1.807) is 24.4 Å². The Morgan fingerprint density at radius 3 is 2.47 bits per heavy atom. The van der Waals surface area contributed by atoms with E-state index in [4.69, 9.17) is 9.47 Å². The lowest BCUT2D eigenvalue weighted by Gasteiger charge is -2.19. The second-order valence-electron chi connectivity index (χ2n) is 9.64. The molecule has 1 saturated heterocycles. The van der Waals surface area contributed by atoms with Gasteiger partial charge in [0, 0.05) is 25.8 Å². The average molecular weight is 490 g/mol. The smallest absolute Gasteiger partial charge is 0.270 e. The summed E-state index contributed by atoms with van der Waals surface area (Å²) in [5.41, 5.74) is 5.18. The molecular formula is C29H35N3O4. The van der Waals surface area contributed by atoms with Gasteiger partial charge < -0.3 is 19.9 Å². The predicted molar refractivity (Wildman–Crippen MR) is 139 cm³/mol. The van der Waals surface area contributed by atoms with Crippen molar-refractivity contribution in [3.8, 4) is 11.5 Å². The van der Waals surface area contributed by atoms with E-state index in [1.807, 2.05) is 43.3 Å². The van der Waals surface area contributed by atoms with E-state index in [0.29, 0.717) is 25.4 Å². The fourth-order valence-corrected chi connectivity index (χ4v) is 4.32. The summed E-state index contributed by atoms with van der Waals surface area (Å²) >= 11 is 0. The molecule has 2 aromatic carbocycles. The van der Waals surface area contributed by atoms with Gasteiger partial charge >= 0.3 is 0 Å². The SMILES string of the molecule is Cc1cc(O[C@H]2CN(Cc3ccc(OC[C@H](C)NC(=O)c4ccccn4)cc3)C[C@@H]2O)cc(C)c1C. The number of rotatable bonds is 9. The highest BCUT2D eigenvalue weighted by atomic mass is 16.5. The van der Waals surface area contributed by atoms with Crippen LogP contribution < -0.4 is 14.8 Å². The number of likely N-dealkylation sites (tertiary alicyclic amines) is 1. The summed E-state index contributed by atoms with van der Waals surface area (Å²) < 4.78 is 12.0. The van der Waals surface area contributed by atoms with Crippen molar-refractivity contribution in [1.82, 2.24) is 15.2 Å². The Balaban J connectivity index is 1.24. The minimum absolute atomic E-state index is 0.164. The Morgan fingerprint density at radius 1 is 1.08 bits per heavy atom. The van der Waals surface area contributed by atoms with E-state index >= 15 is 0 Å². The van der Waals surface area contributed by atoms with Gasteiger partial charge in [0.15, 0.2) is 0 Å². The number of carbonyl (C=O) groups excluding carboxylic acids is 1. The van der Waals surface area contributed by atoms with Gasteiger partial charge in [-0.05, 0) is 86.3 Å². The first-order valence-corrected chi connectivity index (χ1v) is 12.4. The molecule has 0 saturated carbocycles. The second-order valence-corrected chi connectivity index (χ2v) is 9.64. The Kier molecular flexibility index (Phi) is 8.23. The third-order valence-corrected chi connectivity index (χ3v) is 6.61. The van der Waals surface area contributed by atoms with Crippen LogP contribution in [0.2, 0.25) is 0 Å². The van der Waals surface area contributed by atoms with E-state index in [1.165, 1.54) is 16.7 Å². The van der Waals surface area contributed by atoms with Crippen molar-refractivity contribution in [2.75, 3.05) is 19.7 Å². The maximum absolute atomic E-state index is 12.2. The highest BCUT2D eigenvalue weighted by Gasteiger charge is 2.33. The summed E-state index contributed by atoms with van der Waals surface area (Å²) in [7, 11) is 0. The average Bonchev–Trinajstić information content (AvgIpc) is 3.20. The van der Waals surface area contributed by atoms with Crippen LogP contribution in [0, 0.1) is 20.8 Å². The third kappa shape index (κ3) is 6.62. The van der Waals surface area contributed by atoms with Crippen LogP contribution in [-0.4, -0.2) is 58.8 Å². The Labute approximate surface area is 213 Å². The molecule has 2 heterocycles. The van der Waals surface area contributed by atoms with Crippen LogP contribution in [0.25, 0.3) is 0 Å². The van der Waals surface area contributed by atoms with Gasteiger partial charge in [-0.25, -0.2) is 0 Å². The molecule has 4 rings (SSSR count). The standard InChI is InChI=1S/C29H35N3O4/c1-19-13-25(14-20(2)22(19)4)36-28-17-32(16-27(28)33)15-23-8-10-24(11-9-23)35-18-21(3)31-29(34)26-7-5-6-12-30-26/h5-14,21,27-28,33H,15-18H2,1-4H3,(H,31,34)/t21-,27-,28-/m0/s1. The normalized spacial score (nSPS) is 18.6. The van der Waals surface area contributed by atoms with E-state index in [9.17, 15) is 9.90 Å². The van der Waals surface area contributed by atoms with Gasteiger partial charge in [0.2, 0.25) is 0 Å². The monoisotopic (exact) mass is 489 g/mol. The van der Waals surface area contributed by atoms with Gasteiger partial charge in [-0.2, -0.15) is 0 Å². The molecule has 0 bridgehead atoms. The lowest BCUT2D eigenvalue weighted by Crippen LogP contribution is -2.37. The van der Waals surface area contributed by atoms with Gasteiger partial charge in [-0.15, -0.1) is 0 Å². The number of nitrogens with zero attached hydrogens (tertiary/aromatic N) is 2. The van der Waals surface area contributed by atoms with E-state index in [2.05, 4.69) is 36.0 Å². The summed E-state index contributed by atoms with van der Waals surface area (Å²) in [6.07, 6.45) is 0.813. The van der Waals surface area contributed by atoms with Crippen molar-refractivity contribution >= 4 is 5.91 Å². The lowest BCUT2D eigenvalue weighted by atomic mass is 10.0. The summed E-state index contributed by atoms with van der Waals surface area (Å²) in [6.45, 7) is 10.5. The number of hydrogen-bond donors (Lipinski definition) is 2. The maximum atomic E-state index is 12.2. The van der Waals surface area contributed by atoms with Crippen molar-refractivity contribution < 1.29 is 19.4 Å². The van der Waals surface area contributed by atoms with Crippen LogP contribution in [0.3, 0.4) is 0 Å². The minimum Gasteiger partial charge on any atom is -0.491 e. The van der Waals surface area contributed by atoms with Crippen molar-refractivity contribution in [3.05, 3.63) is 88.7 Å². The van der Waals surface area contributed by atoms with Crippen LogP contribution in [0.15, 0.2) is 60.8 Å². The molecule has 0 radical (unpaired) electrons. The summed E-state index contributed by atoms with van der Waals surface area (Å²) in [5.74, 6) is 1.34. The molecule has 1 aliphatic rings. The van der Waals surface area contributed by atoms with Crippen molar-refractivity contribution in [1.29, 1.82) is 0 Å². The Morgan fingerprint density at radius 2 is 1.81 bits per heavy atom. The summed E-state index contributed by atoms with van der Waals surface area (Å²) in [5, 5.41) is 13.5. The highest BCUT2D eigenvalue weighted by Crippen LogP contribution is 2.25. The van der Waals surface area contributed by atoms with Gasteiger partial charge in [-0.3, -0.25) is 14.7 Å². The lowest BCUT2D eigenvalue weighted by molar-refractivity contribution is 0.0736. The number of aromatic nitrogens is 1. The van der Waals surface area contributed by atoms with Gasteiger partial charge in [0.1, 0.15) is 36.0 Å². The maximum Gasteiger partial charge on any atom is 0.270 e. The Hall–Kier alpha value is -3.42. The van der Waals surface area contributed by atoms with Gasteiger partial charge in [0.05, 0.1) is 6.04 Å². The van der Waals surface area contributed by atoms with Crippen LogP contribution >= 0.6 is 0 Å². The van der Waals surface area contributed by atoms with Crippen LogP contribution in [0.4, 0.5) is 0 Å². The molecule has 190 valence electrons. The number of aliphatic hydroxyl groups excluding tert-OH is 1. The molecule has 36 heavy (non-hydrogen) atoms. The molecule has 3 atom stereocenters. The van der Waals surface area contributed by atoms with Gasteiger partial charge in [-0.1, -0.05) is 18.2 Å². The molecule has 0 aliphatic carbocycles. The first-order valence-electron chi connectivity index (χ1n) is 12.4. The molecule has 7 nitrogen and oxygen atoms in total. The van der Waals surface area contributed by atoms with E-state index < -0.39 is 6.10 Å². The summed E-state index contributed by atoms with van der Waals surface area (Å²) in [6, 6.07) is 17.1. The third-order valence-electron chi connectivity index (χ3n) is 6.61. The number of ether oxygens (including phenoxy) is 2. The number of aliphatic hydroxyl groups is 1. The second kappa shape index (κ2) is 11.5. The summed E-state index contributed by atoms with van der Waals surface area (Å²) in [4.78, 5) is 18.5. The molecule has 2 N–H and O–H groups in total. The van der Waals surface area contributed by atoms with Crippen LogP contribution in [0.5, 0.6) is 11.5 Å². The first kappa shape index (κ1) is 25.7. The van der Waals surface area contributed by atoms with Crippen molar-refractivity contribution in [2.24, 2.45) is 0 Å². The molecule has 1 aromatic heterocycles. The van der Waals surface area contributed by atoms with Gasteiger partial charge in [0.25, 0.3) is 5.91 Å². The zero-order chi connectivity index (χ0) is 25.7. The number of aryl methyl sites for hydroxylation is 2. The first-order chi connectivity index (χ1) is 17.3. The molecule has 1 amide bonds. The van der Waals surface area contributed by atoms with E-state index in [0.717, 1.165) is 23.6 Å². The number of β-amino-alcohol motifs (C(OH)–C–C–N with tert-alkyl or cyclic N) is 1. The fourth-order valence-electron chi connectivity index (χ4n) is 4.32. The quantitative estimate of drug-likeness (QED) is 0.475. The van der Waals surface area contributed by atoms with E-state index in [-0.39, 0.29) is 18.1 Å². The molecule has 0 spiro atoms. The highest BCUT2D eigenvalue weighted by molar-refractivity contribution is 5.92. The molecular weight excluding hydrogens is 454 g/mol. The van der Waals surface area contributed by atoms with Crippen LogP contribution in [-0.2, 0) is 6.54 Å². The largest absolute Gasteiger partial charge is 0.491 e. The van der Waals surface area contributed by atoms with Crippen molar-refractivity contribution in [2.45, 2.75) is 52.5 Å². The number of benzene rings is 2. The molecule has 7 heteroatoms. The zero-order valence-corrected chi connectivity index (χ0v) is 21.4. The Bertz CT molecular complexity index is 1140. The predicted octanol–water partition coefficient (Wildman–Crippen LogP) is 3.83. The number of hydrogen-bond acceptors (Lipinski definition) is 6. The number of nitrogens with one attached hydrogen (secondary N) is 1.